The largest absolute Gasteiger partial charge is 0.379 e. The van der Waals surface area contributed by atoms with E-state index in [0.29, 0.717) is 6.04 Å². The van der Waals surface area contributed by atoms with Crippen LogP contribution in [0.4, 0.5) is 0 Å². The van der Waals surface area contributed by atoms with Crippen LogP contribution < -0.4 is 5.32 Å². The zero-order valence-corrected chi connectivity index (χ0v) is 13.2. The Balaban J connectivity index is 1.84. The topological polar surface area (TPSA) is 21.3 Å². The van der Waals surface area contributed by atoms with Crippen LogP contribution in [0.15, 0.2) is 18.2 Å². The van der Waals surface area contributed by atoms with E-state index in [0.717, 1.165) is 25.7 Å². The van der Waals surface area contributed by atoms with Crippen LogP contribution in [0.5, 0.6) is 0 Å². The molecule has 1 aliphatic rings. The summed E-state index contributed by atoms with van der Waals surface area (Å²) in [4.78, 5) is 0. The van der Waals surface area contributed by atoms with Gasteiger partial charge in [-0.15, -0.1) is 0 Å². The molecule has 0 heterocycles. The van der Waals surface area contributed by atoms with Crippen LogP contribution in [-0.2, 0) is 4.74 Å². The van der Waals surface area contributed by atoms with Crippen LogP contribution >= 0.6 is 0 Å². The Bertz CT molecular complexity index is 392. The van der Waals surface area contributed by atoms with E-state index in [1.54, 1.807) is 0 Å². The van der Waals surface area contributed by atoms with E-state index in [1.165, 1.54) is 42.4 Å². The zero-order chi connectivity index (χ0) is 14.4. The first kappa shape index (κ1) is 15.5. The summed E-state index contributed by atoms with van der Waals surface area (Å²) in [5, 5.41) is 3.54. The van der Waals surface area contributed by atoms with Gasteiger partial charge in [-0.3, -0.25) is 0 Å². The maximum Gasteiger partial charge on any atom is 0.0661 e. The average Bonchev–Trinajstić information content (AvgIpc) is 2.33. The fraction of sp³-hybridized carbons (Fsp3) is 0.667. The molecular formula is C18H29NO. The molecule has 1 aliphatic carbocycles. The molecule has 1 aromatic rings. The second-order valence-electron chi connectivity index (χ2n) is 6.19. The van der Waals surface area contributed by atoms with E-state index < -0.39 is 0 Å². The number of hydrogen-bond donors (Lipinski definition) is 1. The van der Waals surface area contributed by atoms with Crippen molar-refractivity contribution in [1.82, 2.24) is 5.32 Å². The highest BCUT2D eigenvalue weighted by molar-refractivity contribution is 5.30. The maximum atomic E-state index is 5.93. The summed E-state index contributed by atoms with van der Waals surface area (Å²) < 4.78 is 5.93. The minimum Gasteiger partial charge on any atom is -0.379 e. The minimum absolute atomic E-state index is 0.319. The van der Waals surface area contributed by atoms with Crippen molar-refractivity contribution in [3.05, 3.63) is 34.9 Å². The Morgan fingerprint density at radius 1 is 1.20 bits per heavy atom. The van der Waals surface area contributed by atoms with Crippen molar-refractivity contribution < 1.29 is 4.74 Å². The van der Waals surface area contributed by atoms with Gasteiger partial charge in [0.25, 0.3) is 0 Å². The van der Waals surface area contributed by atoms with E-state index in [1.807, 2.05) is 0 Å². The van der Waals surface area contributed by atoms with Gasteiger partial charge in [-0.05, 0) is 38.3 Å². The first-order valence-corrected chi connectivity index (χ1v) is 8.08. The number of rotatable bonds is 8. The van der Waals surface area contributed by atoms with Gasteiger partial charge in [0.05, 0.1) is 12.6 Å². The minimum atomic E-state index is 0.319. The molecule has 2 nitrogen and oxygen atoms in total. The van der Waals surface area contributed by atoms with Gasteiger partial charge >= 0.3 is 0 Å². The molecule has 1 saturated carbocycles. The quantitative estimate of drug-likeness (QED) is 0.719. The molecule has 0 bridgehead atoms. The van der Waals surface area contributed by atoms with Gasteiger partial charge in [-0.2, -0.15) is 0 Å². The first-order chi connectivity index (χ1) is 9.69. The van der Waals surface area contributed by atoms with Crippen LogP contribution in [0.3, 0.4) is 0 Å². The SMILES string of the molecule is CCNC(COCCC1CCC1)c1cc(C)cc(C)c1. The molecule has 1 fully saturated rings. The summed E-state index contributed by atoms with van der Waals surface area (Å²) in [5.74, 6) is 0.939. The molecule has 0 radical (unpaired) electrons. The molecule has 1 aromatic carbocycles. The van der Waals surface area contributed by atoms with Gasteiger partial charge in [0.2, 0.25) is 0 Å². The van der Waals surface area contributed by atoms with E-state index in [-0.39, 0.29) is 0 Å². The van der Waals surface area contributed by atoms with Crippen molar-refractivity contribution in [2.45, 2.75) is 52.5 Å². The van der Waals surface area contributed by atoms with Crippen molar-refractivity contribution in [2.24, 2.45) is 5.92 Å². The van der Waals surface area contributed by atoms with E-state index >= 15 is 0 Å². The van der Waals surface area contributed by atoms with Gasteiger partial charge in [0.15, 0.2) is 0 Å². The van der Waals surface area contributed by atoms with Gasteiger partial charge in [0, 0.05) is 6.61 Å². The fourth-order valence-electron chi connectivity index (χ4n) is 2.96. The number of likely N-dealkylation sites (N-methyl/N-ethyl adjacent to an activating group) is 1. The highest BCUT2D eigenvalue weighted by Gasteiger charge is 2.17. The lowest BCUT2D eigenvalue weighted by atomic mass is 9.83. The molecule has 1 N–H and O–H groups in total. The summed E-state index contributed by atoms with van der Waals surface area (Å²) in [6.45, 7) is 9.16. The first-order valence-electron chi connectivity index (χ1n) is 8.08. The third kappa shape index (κ3) is 4.60. The van der Waals surface area contributed by atoms with Crippen LogP contribution in [-0.4, -0.2) is 19.8 Å². The van der Waals surface area contributed by atoms with Crippen LogP contribution in [0.1, 0.15) is 55.3 Å². The number of ether oxygens (including phenoxy) is 1. The van der Waals surface area contributed by atoms with Gasteiger partial charge in [-0.25, -0.2) is 0 Å². The Hall–Kier alpha value is -0.860. The monoisotopic (exact) mass is 275 g/mol. The summed E-state index contributed by atoms with van der Waals surface area (Å²) in [6.07, 6.45) is 5.49. The van der Waals surface area contributed by atoms with Crippen molar-refractivity contribution >= 4 is 0 Å². The molecule has 1 unspecified atom stereocenters. The second-order valence-corrected chi connectivity index (χ2v) is 6.19. The van der Waals surface area contributed by atoms with Gasteiger partial charge < -0.3 is 10.1 Å². The molecule has 2 rings (SSSR count). The van der Waals surface area contributed by atoms with Crippen molar-refractivity contribution in [2.75, 3.05) is 19.8 Å². The van der Waals surface area contributed by atoms with E-state index in [9.17, 15) is 0 Å². The number of benzene rings is 1. The van der Waals surface area contributed by atoms with Crippen LogP contribution in [0.2, 0.25) is 0 Å². The molecule has 2 heteroatoms. The summed E-state index contributed by atoms with van der Waals surface area (Å²) in [5.41, 5.74) is 4.02. The third-order valence-electron chi connectivity index (χ3n) is 4.28. The predicted octanol–water partition coefficient (Wildman–Crippen LogP) is 4.16. The number of hydrogen-bond acceptors (Lipinski definition) is 2. The van der Waals surface area contributed by atoms with Crippen molar-refractivity contribution in [3.8, 4) is 0 Å². The van der Waals surface area contributed by atoms with Gasteiger partial charge in [0.1, 0.15) is 0 Å². The van der Waals surface area contributed by atoms with E-state index in [2.05, 4.69) is 44.3 Å². The highest BCUT2D eigenvalue weighted by atomic mass is 16.5. The molecule has 20 heavy (non-hydrogen) atoms. The van der Waals surface area contributed by atoms with E-state index in [4.69, 9.17) is 4.74 Å². The smallest absolute Gasteiger partial charge is 0.0661 e. The molecule has 1 atom stereocenters. The molecule has 0 saturated heterocycles. The summed E-state index contributed by atoms with van der Waals surface area (Å²) in [6, 6.07) is 7.09. The standard InChI is InChI=1S/C18H29NO/c1-4-19-18(13-20-9-8-16-6-5-7-16)17-11-14(2)10-15(3)12-17/h10-12,16,18-19H,4-9,13H2,1-3H3. The number of aryl methyl sites for hydroxylation is 2. The molecule has 0 amide bonds. The second kappa shape index (κ2) is 7.80. The normalized spacial score (nSPS) is 16.9. The number of nitrogens with one attached hydrogen (secondary N) is 1. The fourth-order valence-corrected chi connectivity index (χ4v) is 2.96. The maximum absolute atomic E-state index is 5.93. The predicted molar refractivity (Wildman–Crippen MR) is 85.1 cm³/mol. The summed E-state index contributed by atoms with van der Waals surface area (Å²) >= 11 is 0. The molecule has 112 valence electrons. The molecule has 0 aromatic heterocycles. The summed E-state index contributed by atoms with van der Waals surface area (Å²) in [7, 11) is 0. The molecular weight excluding hydrogens is 246 g/mol. The van der Waals surface area contributed by atoms with Crippen molar-refractivity contribution in [3.63, 3.8) is 0 Å². The van der Waals surface area contributed by atoms with Crippen molar-refractivity contribution in [1.29, 1.82) is 0 Å². The molecule has 0 aliphatic heterocycles. The lowest BCUT2D eigenvalue weighted by molar-refractivity contribution is 0.0891. The molecule has 0 spiro atoms. The van der Waals surface area contributed by atoms with Crippen LogP contribution in [0, 0.1) is 19.8 Å². The average molecular weight is 275 g/mol. The van der Waals surface area contributed by atoms with Gasteiger partial charge in [-0.1, -0.05) is 55.5 Å². The highest BCUT2D eigenvalue weighted by Crippen LogP contribution is 2.29. The third-order valence-corrected chi connectivity index (χ3v) is 4.28. The lowest BCUT2D eigenvalue weighted by Gasteiger charge is -2.25. The lowest BCUT2D eigenvalue weighted by Crippen LogP contribution is -2.26. The Labute approximate surface area is 123 Å². The zero-order valence-electron chi connectivity index (χ0n) is 13.2. The van der Waals surface area contributed by atoms with Crippen LogP contribution in [0.25, 0.3) is 0 Å². The Morgan fingerprint density at radius 2 is 1.90 bits per heavy atom. The Kier molecular flexibility index (Phi) is 6.06. The Morgan fingerprint density at radius 3 is 2.45 bits per heavy atom.